The Morgan fingerprint density at radius 1 is 1.11 bits per heavy atom. The molecule has 2 amide bonds. The SMILES string of the molecule is N#Cc1ccc(C(C(N)=O)N2CCN(C(=O)c3ccc(Cl)cc3F)CC2)cc1. The number of carbonyl (C=O) groups is 2. The van der Waals surface area contributed by atoms with E-state index in [2.05, 4.69) is 0 Å². The molecule has 0 saturated carbocycles. The smallest absolute Gasteiger partial charge is 0.256 e. The fourth-order valence-corrected chi connectivity index (χ4v) is 3.47. The molecule has 1 saturated heterocycles. The summed E-state index contributed by atoms with van der Waals surface area (Å²) >= 11 is 5.74. The maximum Gasteiger partial charge on any atom is 0.256 e. The zero-order valence-electron chi connectivity index (χ0n) is 14.9. The second-order valence-corrected chi connectivity index (χ2v) is 6.93. The predicted octanol–water partition coefficient (Wildman–Crippen LogP) is 2.34. The van der Waals surface area contributed by atoms with Crippen molar-refractivity contribution in [2.24, 2.45) is 5.73 Å². The quantitative estimate of drug-likeness (QED) is 0.852. The van der Waals surface area contributed by atoms with Crippen LogP contribution in [0.1, 0.15) is 27.5 Å². The predicted molar refractivity (Wildman–Crippen MR) is 102 cm³/mol. The third kappa shape index (κ3) is 4.14. The van der Waals surface area contributed by atoms with E-state index in [1.54, 1.807) is 29.2 Å². The van der Waals surface area contributed by atoms with Gasteiger partial charge in [0, 0.05) is 31.2 Å². The number of benzene rings is 2. The van der Waals surface area contributed by atoms with Crippen LogP contribution in [0.4, 0.5) is 4.39 Å². The number of nitrogens with zero attached hydrogens (tertiary/aromatic N) is 3. The van der Waals surface area contributed by atoms with Crippen LogP contribution in [0.25, 0.3) is 0 Å². The molecule has 2 aromatic rings. The van der Waals surface area contributed by atoms with Crippen molar-refractivity contribution in [1.82, 2.24) is 9.80 Å². The normalized spacial score (nSPS) is 15.7. The molecule has 1 aliphatic rings. The number of halogens is 2. The first kappa shape index (κ1) is 19.8. The van der Waals surface area contributed by atoms with Gasteiger partial charge in [-0.25, -0.2) is 4.39 Å². The molecule has 0 aromatic heterocycles. The van der Waals surface area contributed by atoms with E-state index in [0.717, 1.165) is 6.07 Å². The summed E-state index contributed by atoms with van der Waals surface area (Å²) in [5.41, 5.74) is 6.75. The molecular formula is C20H18ClFN4O2. The first-order valence-corrected chi connectivity index (χ1v) is 9.06. The number of nitrogens with two attached hydrogens (primary N) is 1. The minimum absolute atomic E-state index is 0.0311. The van der Waals surface area contributed by atoms with Crippen molar-refractivity contribution in [3.05, 3.63) is 70.0 Å². The molecular weight excluding hydrogens is 383 g/mol. The summed E-state index contributed by atoms with van der Waals surface area (Å²) in [6.45, 7) is 1.49. The Kier molecular flexibility index (Phi) is 5.93. The van der Waals surface area contributed by atoms with Crippen molar-refractivity contribution in [2.75, 3.05) is 26.2 Å². The van der Waals surface area contributed by atoms with Gasteiger partial charge in [0.05, 0.1) is 17.2 Å². The van der Waals surface area contributed by atoms with Gasteiger partial charge in [-0.05, 0) is 35.9 Å². The van der Waals surface area contributed by atoms with Gasteiger partial charge in [0.2, 0.25) is 5.91 Å². The molecule has 1 aliphatic heterocycles. The molecule has 1 heterocycles. The molecule has 1 atom stereocenters. The maximum atomic E-state index is 14.0. The Bertz CT molecular complexity index is 934. The highest BCUT2D eigenvalue weighted by molar-refractivity contribution is 6.30. The van der Waals surface area contributed by atoms with Crippen LogP contribution in [0.3, 0.4) is 0 Å². The largest absolute Gasteiger partial charge is 0.368 e. The molecule has 2 aromatic carbocycles. The number of hydrogen-bond acceptors (Lipinski definition) is 4. The van der Waals surface area contributed by atoms with Crippen molar-refractivity contribution in [1.29, 1.82) is 5.26 Å². The summed E-state index contributed by atoms with van der Waals surface area (Å²) in [4.78, 5) is 28.0. The molecule has 1 fully saturated rings. The van der Waals surface area contributed by atoms with Crippen LogP contribution >= 0.6 is 11.6 Å². The summed E-state index contributed by atoms with van der Waals surface area (Å²) in [6, 6.07) is 12.0. The number of carbonyl (C=O) groups excluding carboxylic acids is 2. The lowest BCUT2D eigenvalue weighted by atomic mass is 10.0. The lowest BCUT2D eigenvalue weighted by Crippen LogP contribution is -2.52. The van der Waals surface area contributed by atoms with Crippen LogP contribution in [0.2, 0.25) is 5.02 Å². The molecule has 144 valence electrons. The van der Waals surface area contributed by atoms with Gasteiger partial charge in [0.1, 0.15) is 11.9 Å². The number of nitriles is 1. The fraction of sp³-hybridized carbons (Fsp3) is 0.250. The third-order valence-corrected chi connectivity index (χ3v) is 4.99. The molecule has 8 heteroatoms. The first-order chi connectivity index (χ1) is 13.4. The van der Waals surface area contributed by atoms with E-state index >= 15 is 0 Å². The number of piperazine rings is 1. The minimum atomic E-state index is -0.660. The summed E-state index contributed by atoms with van der Waals surface area (Å²) in [5, 5.41) is 9.14. The lowest BCUT2D eigenvalue weighted by molar-refractivity contribution is -0.124. The van der Waals surface area contributed by atoms with Gasteiger partial charge >= 0.3 is 0 Å². The summed E-state index contributed by atoms with van der Waals surface area (Å²) in [7, 11) is 0. The second kappa shape index (κ2) is 8.38. The van der Waals surface area contributed by atoms with E-state index in [1.165, 1.54) is 12.1 Å². The van der Waals surface area contributed by atoms with Crippen LogP contribution in [-0.4, -0.2) is 47.8 Å². The van der Waals surface area contributed by atoms with Crippen molar-refractivity contribution in [3.8, 4) is 6.07 Å². The monoisotopic (exact) mass is 400 g/mol. The Morgan fingerprint density at radius 2 is 1.75 bits per heavy atom. The standard InChI is InChI=1S/C20H18ClFN4O2/c21-15-5-6-16(17(22)11-15)20(28)26-9-7-25(8-10-26)18(19(24)27)14-3-1-13(12-23)2-4-14/h1-6,11,18H,7-10H2,(H2,24,27). The Morgan fingerprint density at radius 3 is 2.29 bits per heavy atom. The van der Waals surface area contributed by atoms with Crippen LogP contribution in [0.15, 0.2) is 42.5 Å². The molecule has 1 unspecified atom stereocenters. The van der Waals surface area contributed by atoms with Crippen molar-refractivity contribution in [3.63, 3.8) is 0 Å². The van der Waals surface area contributed by atoms with E-state index in [0.29, 0.717) is 37.3 Å². The highest BCUT2D eigenvalue weighted by Crippen LogP contribution is 2.24. The minimum Gasteiger partial charge on any atom is -0.368 e. The van der Waals surface area contributed by atoms with E-state index in [4.69, 9.17) is 22.6 Å². The second-order valence-electron chi connectivity index (χ2n) is 6.49. The number of amides is 2. The Hall–Kier alpha value is -2.95. The molecule has 3 rings (SSSR count). The average molecular weight is 401 g/mol. The lowest BCUT2D eigenvalue weighted by Gasteiger charge is -2.38. The third-order valence-electron chi connectivity index (χ3n) is 4.75. The zero-order chi connectivity index (χ0) is 20.3. The van der Waals surface area contributed by atoms with Gasteiger partial charge < -0.3 is 10.6 Å². The molecule has 0 aliphatic carbocycles. The fourth-order valence-electron chi connectivity index (χ4n) is 3.31. The molecule has 0 bridgehead atoms. The van der Waals surface area contributed by atoms with Crippen LogP contribution < -0.4 is 5.73 Å². The van der Waals surface area contributed by atoms with Gasteiger partial charge in [-0.3, -0.25) is 14.5 Å². The summed E-state index contributed by atoms with van der Waals surface area (Å²) in [6.07, 6.45) is 0. The first-order valence-electron chi connectivity index (χ1n) is 8.68. The van der Waals surface area contributed by atoms with E-state index in [1.807, 2.05) is 11.0 Å². The maximum absolute atomic E-state index is 14.0. The van der Waals surface area contributed by atoms with Gasteiger partial charge in [0.25, 0.3) is 5.91 Å². The topological polar surface area (TPSA) is 90.4 Å². The molecule has 6 nitrogen and oxygen atoms in total. The van der Waals surface area contributed by atoms with Crippen LogP contribution in [0.5, 0.6) is 0 Å². The molecule has 2 N–H and O–H groups in total. The molecule has 0 spiro atoms. The molecule has 0 radical (unpaired) electrons. The highest BCUT2D eigenvalue weighted by Gasteiger charge is 2.31. The molecule has 28 heavy (non-hydrogen) atoms. The van der Waals surface area contributed by atoms with Crippen LogP contribution in [-0.2, 0) is 4.79 Å². The van der Waals surface area contributed by atoms with Crippen LogP contribution in [0, 0.1) is 17.1 Å². The number of hydrogen-bond donors (Lipinski definition) is 1. The highest BCUT2D eigenvalue weighted by atomic mass is 35.5. The van der Waals surface area contributed by atoms with Crippen molar-refractivity contribution >= 4 is 23.4 Å². The van der Waals surface area contributed by atoms with Crippen molar-refractivity contribution < 1.29 is 14.0 Å². The Balaban J connectivity index is 1.71. The average Bonchev–Trinajstić information content (AvgIpc) is 2.68. The van der Waals surface area contributed by atoms with E-state index < -0.39 is 23.7 Å². The van der Waals surface area contributed by atoms with Crippen molar-refractivity contribution in [2.45, 2.75) is 6.04 Å². The van der Waals surface area contributed by atoms with Gasteiger partial charge in [-0.2, -0.15) is 5.26 Å². The number of rotatable bonds is 4. The zero-order valence-corrected chi connectivity index (χ0v) is 15.7. The van der Waals surface area contributed by atoms with E-state index in [-0.39, 0.29) is 10.6 Å². The van der Waals surface area contributed by atoms with E-state index in [9.17, 15) is 14.0 Å². The van der Waals surface area contributed by atoms with Gasteiger partial charge in [0.15, 0.2) is 0 Å². The summed E-state index contributed by atoms with van der Waals surface area (Å²) in [5.74, 6) is -1.58. The van der Waals surface area contributed by atoms with Gasteiger partial charge in [-0.15, -0.1) is 0 Å². The number of primary amides is 1. The van der Waals surface area contributed by atoms with Gasteiger partial charge in [-0.1, -0.05) is 23.7 Å². The Labute approximate surface area is 166 Å². The summed E-state index contributed by atoms with van der Waals surface area (Å²) < 4.78 is 14.0.